The number of thioether (sulfide) groups is 1. The van der Waals surface area contributed by atoms with Gasteiger partial charge in [-0.2, -0.15) is 11.8 Å². The monoisotopic (exact) mass is 265 g/mol. The van der Waals surface area contributed by atoms with Crippen LogP contribution in [-0.4, -0.2) is 36.0 Å². The molecule has 0 saturated carbocycles. The molecule has 1 fully saturated rings. The first-order chi connectivity index (χ1) is 8.79. The third kappa shape index (κ3) is 3.63. The summed E-state index contributed by atoms with van der Waals surface area (Å²) in [5, 5.41) is 5.96. The maximum absolute atomic E-state index is 11.9. The lowest BCUT2D eigenvalue weighted by Crippen LogP contribution is -2.31. The number of hydrogen-bond acceptors (Lipinski definition) is 4. The van der Waals surface area contributed by atoms with E-state index in [1.54, 1.807) is 12.3 Å². The molecule has 2 rings (SSSR count). The highest BCUT2D eigenvalue weighted by Gasteiger charge is 2.15. The zero-order valence-electron chi connectivity index (χ0n) is 10.6. The van der Waals surface area contributed by atoms with Crippen molar-refractivity contribution in [1.82, 2.24) is 10.3 Å². The number of anilines is 1. The molecule has 1 aromatic heterocycles. The molecule has 0 radical (unpaired) electrons. The summed E-state index contributed by atoms with van der Waals surface area (Å²) in [6.07, 6.45) is 4.08. The van der Waals surface area contributed by atoms with Crippen molar-refractivity contribution in [3.8, 4) is 0 Å². The van der Waals surface area contributed by atoms with Gasteiger partial charge in [0, 0.05) is 13.6 Å². The van der Waals surface area contributed by atoms with Crippen LogP contribution in [0.5, 0.6) is 0 Å². The summed E-state index contributed by atoms with van der Waals surface area (Å²) < 4.78 is 0. The van der Waals surface area contributed by atoms with Crippen LogP contribution in [0, 0.1) is 5.92 Å². The summed E-state index contributed by atoms with van der Waals surface area (Å²) in [6.45, 7) is 0.773. The number of pyridine rings is 1. The fourth-order valence-corrected chi connectivity index (χ4v) is 3.16. The Bertz CT molecular complexity index is 388. The van der Waals surface area contributed by atoms with Gasteiger partial charge in [0.1, 0.15) is 5.69 Å². The Morgan fingerprint density at radius 2 is 2.22 bits per heavy atom. The van der Waals surface area contributed by atoms with Crippen LogP contribution in [-0.2, 0) is 0 Å². The molecular formula is C13H19N3OS. The number of nitrogens with one attached hydrogen (secondary N) is 2. The van der Waals surface area contributed by atoms with E-state index in [2.05, 4.69) is 15.6 Å². The normalized spacial score (nSPS) is 16.3. The molecule has 5 heteroatoms. The lowest BCUT2D eigenvalue weighted by atomic mass is 10.0. The first-order valence-electron chi connectivity index (χ1n) is 6.29. The molecule has 0 spiro atoms. The fraction of sp³-hybridized carbons (Fsp3) is 0.538. The highest BCUT2D eigenvalue weighted by atomic mass is 32.2. The average Bonchev–Trinajstić information content (AvgIpc) is 2.46. The molecule has 0 aromatic carbocycles. The molecule has 0 atom stereocenters. The largest absolute Gasteiger partial charge is 0.387 e. The number of carbonyl (C=O) groups excluding carboxylic acids is 1. The van der Waals surface area contributed by atoms with Crippen molar-refractivity contribution in [2.75, 3.05) is 30.4 Å². The van der Waals surface area contributed by atoms with Crippen molar-refractivity contribution in [3.63, 3.8) is 0 Å². The molecule has 0 unspecified atom stereocenters. The number of amides is 1. The quantitative estimate of drug-likeness (QED) is 0.874. The summed E-state index contributed by atoms with van der Waals surface area (Å²) in [5.74, 6) is 2.99. The molecule has 1 aliphatic heterocycles. The zero-order chi connectivity index (χ0) is 12.8. The minimum atomic E-state index is -0.0733. The van der Waals surface area contributed by atoms with Crippen LogP contribution >= 0.6 is 11.8 Å². The molecule has 2 N–H and O–H groups in total. The summed E-state index contributed by atoms with van der Waals surface area (Å²) in [7, 11) is 1.83. The van der Waals surface area contributed by atoms with E-state index in [4.69, 9.17) is 0 Å². The van der Waals surface area contributed by atoms with Gasteiger partial charge in [0.05, 0.1) is 11.9 Å². The highest BCUT2D eigenvalue weighted by Crippen LogP contribution is 2.21. The molecule has 4 nitrogen and oxygen atoms in total. The summed E-state index contributed by atoms with van der Waals surface area (Å²) >= 11 is 2.00. The van der Waals surface area contributed by atoms with Crippen LogP contribution in [0.3, 0.4) is 0 Å². The molecule has 0 bridgehead atoms. The number of hydrogen-bond donors (Lipinski definition) is 2. The topological polar surface area (TPSA) is 54.0 Å². The van der Waals surface area contributed by atoms with Crippen molar-refractivity contribution in [3.05, 3.63) is 24.0 Å². The van der Waals surface area contributed by atoms with Gasteiger partial charge in [-0.05, 0) is 42.4 Å². The Morgan fingerprint density at radius 3 is 2.83 bits per heavy atom. The van der Waals surface area contributed by atoms with Gasteiger partial charge >= 0.3 is 0 Å². The van der Waals surface area contributed by atoms with Gasteiger partial charge < -0.3 is 10.6 Å². The molecule has 2 heterocycles. The van der Waals surface area contributed by atoms with Gasteiger partial charge in [-0.25, -0.2) is 4.98 Å². The molecule has 1 saturated heterocycles. The van der Waals surface area contributed by atoms with Gasteiger partial charge in [-0.15, -0.1) is 0 Å². The average molecular weight is 265 g/mol. The van der Waals surface area contributed by atoms with E-state index in [1.165, 1.54) is 24.3 Å². The molecule has 98 valence electrons. The van der Waals surface area contributed by atoms with Gasteiger partial charge in [-0.1, -0.05) is 0 Å². The van der Waals surface area contributed by atoms with Crippen LogP contribution in [0.25, 0.3) is 0 Å². The van der Waals surface area contributed by atoms with E-state index in [0.29, 0.717) is 11.6 Å². The highest BCUT2D eigenvalue weighted by molar-refractivity contribution is 7.99. The van der Waals surface area contributed by atoms with Gasteiger partial charge in [0.15, 0.2) is 0 Å². The first kappa shape index (κ1) is 13.2. The molecule has 18 heavy (non-hydrogen) atoms. The van der Waals surface area contributed by atoms with Crippen LogP contribution in [0.15, 0.2) is 18.3 Å². The standard InChI is InChI=1S/C13H19N3OS/c1-14-11-2-3-12(15-9-11)13(17)16-8-10-4-6-18-7-5-10/h2-3,9-10,14H,4-8H2,1H3,(H,16,17). The van der Waals surface area contributed by atoms with E-state index < -0.39 is 0 Å². The van der Waals surface area contributed by atoms with E-state index in [-0.39, 0.29) is 5.91 Å². The SMILES string of the molecule is CNc1ccc(C(=O)NCC2CCSCC2)nc1. The van der Waals surface area contributed by atoms with E-state index in [9.17, 15) is 4.79 Å². The van der Waals surface area contributed by atoms with Crippen LogP contribution < -0.4 is 10.6 Å². The predicted molar refractivity (Wildman–Crippen MR) is 76.2 cm³/mol. The van der Waals surface area contributed by atoms with Crippen molar-refractivity contribution in [1.29, 1.82) is 0 Å². The molecule has 1 aliphatic rings. The Balaban J connectivity index is 1.82. The minimum absolute atomic E-state index is 0.0733. The van der Waals surface area contributed by atoms with Crippen LogP contribution in [0.1, 0.15) is 23.3 Å². The lowest BCUT2D eigenvalue weighted by molar-refractivity contribution is 0.0941. The number of aromatic nitrogens is 1. The second-order valence-corrected chi connectivity index (χ2v) is 5.67. The Labute approximate surface area is 112 Å². The maximum Gasteiger partial charge on any atom is 0.269 e. The van der Waals surface area contributed by atoms with Gasteiger partial charge in [-0.3, -0.25) is 4.79 Å². The summed E-state index contributed by atoms with van der Waals surface area (Å²) in [5.41, 5.74) is 1.40. The molecule has 0 aliphatic carbocycles. The Hall–Kier alpha value is -1.23. The number of rotatable bonds is 4. The Morgan fingerprint density at radius 1 is 1.44 bits per heavy atom. The number of nitrogens with zero attached hydrogens (tertiary/aromatic N) is 1. The third-order valence-electron chi connectivity index (χ3n) is 3.18. The predicted octanol–water partition coefficient (Wildman–Crippen LogP) is 2.00. The van der Waals surface area contributed by atoms with Crippen molar-refractivity contribution in [2.45, 2.75) is 12.8 Å². The summed E-state index contributed by atoms with van der Waals surface area (Å²) in [6, 6.07) is 3.61. The molecule has 1 aromatic rings. The van der Waals surface area contributed by atoms with E-state index in [1.807, 2.05) is 24.9 Å². The minimum Gasteiger partial charge on any atom is -0.387 e. The van der Waals surface area contributed by atoms with Crippen molar-refractivity contribution >= 4 is 23.4 Å². The molecular weight excluding hydrogens is 246 g/mol. The van der Waals surface area contributed by atoms with Crippen LogP contribution in [0.4, 0.5) is 5.69 Å². The zero-order valence-corrected chi connectivity index (χ0v) is 11.4. The fourth-order valence-electron chi connectivity index (χ4n) is 1.95. The van der Waals surface area contributed by atoms with Gasteiger partial charge in [0.25, 0.3) is 5.91 Å². The second-order valence-electron chi connectivity index (χ2n) is 4.45. The second kappa shape index (κ2) is 6.64. The third-order valence-corrected chi connectivity index (χ3v) is 4.23. The van der Waals surface area contributed by atoms with Crippen molar-refractivity contribution < 1.29 is 4.79 Å². The van der Waals surface area contributed by atoms with Crippen LogP contribution in [0.2, 0.25) is 0 Å². The smallest absolute Gasteiger partial charge is 0.269 e. The first-order valence-corrected chi connectivity index (χ1v) is 7.45. The van der Waals surface area contributed by atoms with E-state index >= 15 is 0 Å². The van der Waals surface area contributed by atoms with Crippen molar-refractivity contribution in [2.24, 2.45) is 5.92 Å². The van der Waals surface area contributed by atoms with E-state index in [0.717, 1.165) is 12.2 Å². The maximum atomic E-state index is 11.9. The number of carbonyl (C=O) groups is 1. The van der Waals surface area contributed by atoms with Gasteiger partial charge in [0.2, 0.25) is 0 Å². The Kier molecular flexibility index (Phi) is 4.87. The lowest BCUT2D eigenvalue weighted by Gasteiger charge is -2.21. The summed E-state index contributed by atoms with van der Waals surface area (Å²) in [4.78, 5) is 16.0. The molecule has 1 amide bonds.